The number of thioether (sulfide) groups is 1. The van der Waals surface area contributed by atoms with Crippen LogP contribution in [-0.4, -0.2) is 47.8 Å². The van der Waals surface area contributed by atoms with Gasteiger partial charge in [-0.3, -0.25) is 4.79 Å². The first-order valence-corrected chi connectivity index (χ1v) is 7.02. The molecule has 2 atom stereocenters. The normalized spacial score (nSPS) is 16.6. The van der Waals surface area contributed by atoms with Gasteiger partial charge in [0, 0.05) is 18.3 Å². The molecule has 0 aliphatic rings. The summed E-state index contributed by atoms with van der Waals surface area (Å²) in [6.07, 6.45) is 2.88. The van der Waals surface area contributed by atoms with Crippen LogP contribution in [0.15, 0.2) is 0 Å². The van der Waals surface area contributed by atoms with Crippen LogP contribution in [0.1, 0.15) is 27.2 Å². The van der Waals surface area contributed by atoms with Gasteiger partial charge < -0.3 is 15.7 Å². The van der Waals surface area contributed by atoms with Gasteiger partial charge in [0.2, 0.25) is 5.91 Å². The van der Waals surface area contributed by atoms with Gasteiger partial charge in [-0.2, -0.15) is 11.8 Å². The molecule has 0 heterocycles. The number of aliphatic hydroxyl groups is 1. The summed E-state index contributed by atoms with van der Waals surface area (Å²) in [7, 11) is 0. The molecule has 5 heteroatoms. The SMILES string of the molecule is CCC(C)NC(=O)CNCC(C)(O)CSC. The molecule has 0 rings (SSSR count). The van der Waals surface area contributed by atoms with Crippen LogP contribution in [0, 0.1) is 0 Å². The molecule has 4 nitrogen and oxygen atoms in total. The summed E-state index contributed by atoms with van der Waals surface area (Å²) in [5.41, 5.74) is -0.754. The van der Waals surface area contributed by atoms with Gasteiger partial charge in [0.25, 0.3) is 0 Å². The van der Waals surface area contributed by atoms with Crippen LogP contribution in [0.25, 0.3) is 0 Å². The smallest absolute Gasteiger partial charge is 0.234 e. The first-order chi connectivity index (χ1) is 7.41. The van der Waals surface area contributed by atoms with E-state index in [4.69, 9.17) is 0 Å². The minimum absolute atomic E-state index is 0.0192. The highest BCUT2D eigenvalue weighted by molar-refractivity contribution is 7.98. The summed E-state index contributed by atoms with van der Waals surface area (Å²) in [5.74, 6) is 0.641. The van der Waals surface area contributed by atoms with Crippen molar-refractivity contribution < 1.29 is 9.90 Å². The van der Waals surface area contributed by atoms with Gasteiger partial charge >= 0.3 is 0 Å². The Morgan fingerprint density at radius 1 is 1.56 bits per heavy atom. The highest BCUT2D eigenvalue weighted by Crippen LogP contribution is 2.08. The second-order valence-corrected chi connectivity index (χ2v) is 5.28. The lowest BCUT2D eigenvalue weighted by molar-refractivity contribution is -0.120. The lowest BCUT2D eigenvalue weighted by Crippen LogP contribution is -2.45. The van der Waals surface area contributed by atoms with E-state index in [0.29, 0.717) is 12.3 Å². The molecule has 0 saturated heterocycles. The van der Waals surface area contributed by atoms with Crippen molar-refractivity contribution in [3.8, 4) is 0 Å². The molecule has 0 aromatic carbocycles. The van der Waals surface area contributed by atoms with Gasteiger partial charge in [0.05, 0.1) is 12.1 Å². The van der Waals surface area contributed by atoms with Crippen molar-refractivity contribution >= 4 is 17.7 Å². The van der Waals surface area contributed by atoms with Crippen LogP contribution >= 0.6 is 11.8 Å². The lowest BCUT2D eigenvalue weighted by atomic mass is 10.1. The summed E-state index contributed by atoms with van der Waals surface area (Å²) < 4.78 is 0. The topological polar surface area (TPSA) is 61.4 Å². The molecule has 0 saturated carbocycles. The van der Waals surface area contributed by atoms with Gasteiger partial charge in [-0.05, 0) is 26.5 Å². The fourth-order valence-corrected chi connectivity index (χ4v) is 1.96. The standard InChI is InChI=1S/C11H24N2O2S/c1-5-9(2)13-10(14)6-12-7-11(3,15)8-16-4/h9,12,15H,5-8H2,1-4H3,(H,13,14). The maximum atomic E-state index is 11.4. The van der Waals surface area contributed by atoms with Crippen LogP contribution in [0.5, 0.6) is 0 Å². The predicted octanol–water partition coefficient (Wildman–Crippen LogP) is 0.605. The fraction of sp³-hybridized carbons (Fsp3) is 0.909. The lowest BCUT2D eigenvalue weighted by Gasteiger charge is -2.22. The van der Waals surface area contributed by atoms with Crippen LogP contribution in [0.4, 0.5) is 0 Å². The molecule has 0 radical (unpaired) electrons. The van der Waals surface area contributed by atoms with E-state index in [-0.39, 0.29) is 18.5 Å². The van der Waals surface area contributed by atoms with E-state index in [2.05, 4.69) is 10.6 Å². The van der Waals surface area contributed by atoms with Gasteiger partial charge in [0.15, 0.2) is 0 Å². The van der Waals surface area contributed by atoms with E-state index in [1.807, 2.05) is 20.1 Å². The molecular formula is C11H24N2O2S. The molecule has 0 fully saturated rings. The zero-order chi connectivity index (χ0) is 12.6. The molecule has 96 valence electrons. The fourth-order valence-electron chi connectivity index (χ4n) is 1.24. The Balaban J connectivity index is 3.69. The number of carbonyl (C=O) groups excluding carboxylic acids is 1. The molecule has 1 amide bonds. The van der Waals surface area contributed by atoms with Crippen LogP contribution in [-0.2, 0) is 4.79 Å². The number of carbonyl (C=O) groups is 1. The monoisotopic (exact) mass is 248 g/mol. The summed E-state index contributed by atoms with van der Waals surface area (Å²) in [4.78, 5) is 11.4. The zero-order valence-corrected chi connectivity index (χ0v) is 11.5. The molecule has 2 unspecified atom stereocenters. The molecule has 0 aliphatic carbocycles. The molecule has 0 bridgehead atoms. The Bertz CT molecular complexity index is 210. The van der Waals surface area contributed by atoms with Gasteiger partial charge in [-0.15, -0.1) is 0 Å². The number of nitrogens with one attached hydrogen (secondary N) is 2. The Kier molecular flexibility index (Phi) is 7.80. The van der Waals surface area contributed by atoms with Crippen molar-refractivity contribution in [3.05, 3.63) is 0 Å². The third-order valence-electron chi connectivity index (χ3n) is 2.27. The van der Waals surface area contributed by atoms with E-state index >= 15 is 0 Å². The second-order valence-electron chi connectivity index (χ2n) is 4.41. The third kappa shape index (κ3) is 7.96. The van der Waals surface area contributed by atoms with Crippen molar-refractivity contribution in [2.24, 2.45) is 0 Å². The first-order valence-electron chi connectivity index (χ1n) is 5.62. The summed E-state index contributed by atoms with van der Waals surface area (Å²) >= 11 is 1.59. The van der Waals surface area contributed by atoms with Crippen LogP contribution < -0.4 is 10.6 Å². The largest absolute Gasteiger partial charge is 0.388 e. The van der Waals surface area contributed by atoms with Crippen molar-refractivity contribution in [2.45, 2.75) is 38.8 Å². The molecule has 0 aromatic heterocycles. The molecule has 3 N–H and O–H groups in total. The van der Waals surface area contributed by atoms with Crippen molar-refractivity contribution in [3.63, 3.8) is 0 Å². The molecule has 0 spiro atoms. The number of hydrogen-bond donors (Lipinski definition) is 3. The number of amides is 1. The van der Waals surface area contributed by atoms with E-state index in [1.165, 1.54) is 0 Å². The predicted molar refractivity (Wildman–Crippen MR) is 69.8 cm³/mol. The van der Waals surface area contributed by atoms with E-state index < -0.39 is 5.60 Å². The first kappa shape index (κ1) is 15.7. The maximum Gasteiger partial charge on any atom is 0.234 e. The van der Waals surface area contributed by atoms with Gasteiger partial charge in [-0.1, -0.05) is 6.92 Å². The number of hydrogen-bond acceptors (Lipinski definition) is 4. The molecule has 0 aromatic rings. The minimum Gasteiger partial charge on any atom is -0.388 e. The van der Waals surface area contributed by atoms with Crippen molar-refractivity contribution in [1.29, 1.82) is 0 Å². The van der Waals surface area contributed by atoms with E-state index in [9.17, 15) is 9.90 Å². The third-order valence-corrected chi connectivity index (χ3v) is 3.18. The molecular weight excluding hydrogens is 224 g/mol. The van der Waals surface area contributed by atoms with Gasteiger partial charge in [-0.25, -0.2) is 0 Å². The Hall–Kier alpha value is -0.260. The highest BCUT2D eigenvalue weighted by Gasteiger charge is 2.19. The molecule has 0 aliphatic heterocycles. The van der Waals surface area contributed by atoms with Crippen molar-refractivity contribution in [1.82, 2.24) is 10.6 Å². The maximum absolute atomic E-state index is 11.4. The zero-order valence-electron chi connectivity index (χ0n) is 10.7. The van der Waals surface area contributed by atoms with E-state index in [1.54, 1.807) is 18.7 Å². The average Bonchev–Trinajstić information content (AvgIpc) is 2.16. The summed E-state index contributed by atoms with van der Waals surface area (Å²) in [6.45, 7) is 6.46. The van der Waals surface area contributed by atoms with Gasteiger partial charge in [0.1, 0.15) is 0 Å². The summed E-state index contributed by atoms with van der Waals surface area (Å²) in [6, 6.07) is 0.209. The van der Waals surface area contributed by atoms with E-state index in [0.717, 1.165) is 6.42 Å². The quantitative estimate of drug-likeness (QED) is 0.589. The Morgan fingerprint density at radius 3 is 2.69 bits per heavy atom. The minimum atomic E-state index is -0.754. The highest BCUT2D eigenvalue weighted by atomic mass is 32.2. The second kappa shape index (κ2) is 7.92. The Labute approximate surface area is 103 Å². The van der Waals surface area contributed by atoms with Crippen molar-refractivity contribution in [2.75, 3.05) is 25.1 Å². The summed E-state index contributed by atoms with van der Waals surface area (Å²) in [5, 5.41) is 15.7. The average molecular weight is 248 g/mol. The molecule has 16 heavy (non-hydrogen) atoms. The number of rotatable bonds is 8. The van der Waals surface area contributed by atoms with Crippen LogP contribution in [0.2, 0.25) is 0 Å². The Morgan fingerprint density at radius 2 is 2.19 bits per heavy atom. The van der Waals surface area contributed by atoms with Crippen LogP contribution in [0.3, 0.4) is 0 Å².